The topological polar surface area (TPSA) is 64.8 Å². The molecule has 0 unspecified atom stereocenters. The van der Waals surface area contributed by atoms with Crippen molar-refractivity contribution >= 4 is 22.8 Å². The highest BCUT2D eigenvalue weighted by atomic mass is 32.1. The molecule has 0 radical (unpaired) electrons. The minimum atomic E-state index is 0.402. The van der Waals surface area contributed by atoms with Gasteiger partial charge in [0.05, 0.1) is 11.2 Å². The number of pyridine rings is 1. The van der Waals surface area contributed by atoms with Crippen LogP contribution in [0, 0.1) is 11.3 Å². The summed E-state index contributed by atoms with van der Waals surface area (Å²) in [6.45, 7) is 1.66. The molecule has 5 nitrogen and oxygen atoms in total. The highest BCUT2D eigenvalue weighted by Gasteiger charge is 2.05. The molecule has 120 valence electrons. The van der Waals surface area contributed by atoms with Gasteiger partial charge in [-0.25, -0.2) is 9.97 Å². The van der Waals surface area contributed by atoms with Gasteiger partial charge in [0.2, 0.25) is 0 Å². The van der Waals surface area contributed by atoms with E-state index in [1.807, 2.05) is 35.8 Å². The summed E-state index contributed by atoms with van der Waals surface area (Å²) in [5.74, 6) is 0.669. The molecule has 1 N–H and O–H groups in total. The first-order valence-corrected chi connectivity index (χ1v) is 8.46. The molecule has 0 aliphatic carbocycles. The van der Waals surface area contributed by atoms with Crippen LogP contribution >= 0.6 is 11.3 Å². The number of benzene rings is 1. The van der Waals surface area contributed by atoms with Crippen LogP contribution in [-0.4, -0.2) is 21.9 Å². The number of anilines is 2. The average Bonchev–Trinajstić information content (AvgIpc) is 3.08. The van der Waals surface area contributed by atoms with Gasteiger partial charge in [-0.3, -0.25) is 4.90 Å². The molecule has 0 saturated heterocycles. The number of nitrogens with zero attached hydrogens (tertiary/aromatic N) is 4. The fourth-order valence-corrected chi connectivity index (χ4v) is 2.97. The fraction of sp³-hybridized carbons (Fsp3) is 0.167. The summed E-state index contributed by atoms with van der Waals surface area (Å²) in [6.07, 6.45) is 0. The first kappa shape index (κ1) is 16.1. The minimum absolute atomic E-state index is 0.402. The van der Waals surface area contributed by atoms with Gasteiger partial charge in [0, 0.05) is 24.2 Å². The van der Waals surface area contributed by atoms with Gasteiger partial charge in [-0.15, -0.1) is 11.3 Å². The summed E-state index contributed by atoms with van der Waals surface area (Å²) in [6, 6.07) is 15.6. The Morgan fingerprint density at radius 1 is 1.21 bits per heavy atom. The predicted molar refractivity (Wildman–Crippen MR) is 96.0 cm³/mol. The molecule has 3 aromatic rings. The van der Waals surface area contributed by atoms with Crippen LogP contribution in [0.4, 0.5) is 11.5 Å². The molecule has 1 aromatic carbocycles. The van der Waals surface area contributed by atoms with E-state index in [0.29, 0.717) is 11.5 Å². The minimum Gasteiger partial charge on any atom is -0.340 e. The lowest BCUT2D eigenvalue weighted by Gasteiger charge is -2.16. The monoisotopic (exact) mass is 335 g/mol. The van der Waals surface area contributed by atoms with Gasteiger partial charge >= 0.3 is 0 Å². The number of nitrogens with one attached hydrogen (secondary N) is 1. The lowest BCUT2D eigenvalue weighted by molar-refractivity contribution is 0.316. The third-order valence-corrected chi connectivity index (χ3v) is 4.07. The van der Waals surface area contributed by atoms with Crippen molar-refractivity contribution in [1.82, 2.24) is 14.9 Å². The lowest BCUT2D eigenvalue weighted by Crippen LogP contribution is -2.17. The summed E-state index contributed by atoms with van der Waals surface area (Å²) in [4.78, 5) is 10.8. The third kappa shape index (κ3) is 4.38. The second-order valence-electron chi connectivity index (χ2n) is 5.50. The van der Waals surface area contributed by atoms with Crippen molar-refractivity contribution in [3.8, 4) is 6.07 Å². The first-order chi connectivity index (χ1) is 11.7. The maximum atomic E-state index is 8.93. The molecule has 0 atom stereocenters. The molecular weight excluding hydrogens is 318 g/mol. The van der Waals surface area contributed by atoms with Gasteiger partial charge in [0.1, 0.15) is 17.6 Å². The van der Waals surface area contributed by atoms with Crippen LogP contribution in [-0.2, 0) is 13.1 Å². The van der Waals surface area contributed by atoms with Gasteiger partial charge in [-0.1, -0.05) is 18.2 Å². The van der Waals surface area contributed by atoms with Crippen LogP contribution in [0.15, 0.2) is 53.4 Å². The molecule has 2 aromatic heterocycles. The Morgan fingerprint density at radius 3 is 2.88 bits per heavy atom. The summed E-state index contributed by atoms with van der Waals surface area (Å²) < 4.78 is 0. The molecule has 3 rings (SSSR count). The summed E-state index contributed by atoms with van der Waals surface area (Å²) in [5, 5.41) is 14.2. The maximum Gasteiger partial charge on any atom is 0.142 e. The van der Waals surface area contributed by atoms with Crippen LogP contribution in [0.3, 0.4) is 0 Å². The molecule has 0 spiro atoms. The highest BCUT2D eigenvalue weighted by molar-refractivity contribution is 7.07. The van der Waals surface area contributed by atoms with E-state index in [9.17, 15) is 0 Å². The van der Waals surface area contributed by atoms with E-state index in [1.54, 1.807) is 17.4 Å². The number of thiazole rings is 1. The Kier molecular flexibility index (Phi) is 5.16. The summed E-state index contributed by atoms with van der Waals surface area (Å²) >= 11 is 1.62. The van der Waals surface area contributed by atoms with Crippen LogP contribution < -0.4 is 5.32 Å². The average molecular weight is 335 g/mol. The zero-order chi connectivity index (χ0) is 16.8. The molecule has 0 amide bonds. The number of rotatable bonds is 6. The molecule has 6 heteroatoms. The van der Waals surface area contributed by atoms with Crippen molar-refractivity contribution in [1.29, 1.82) is 5.26 Å². The maximum absolute atomic E-state index is 8.93. The van der Waals surface area contributed by atoms with E-state index < -0.39 is 0 Å². The highest BCUT2D eigenvalue weighted by Crippen LogP contribution is 2.18. The Labute approximate surface area is 145 Å². The van der Waals surface area contributed by atoms with Gasteiger partial charge < -0.3 is 5.32 Å². The Hall–Kier alpha value is -2.75. The summed E-state index contributed by atoms with van der Waals surface area (Å²) in [5.41, 5.74) is 5.51. The lowest BCUT2D eigenvalue weighted by atomic mass is 10.2. The van der Waals surface area contributed by atoms with E-state index in [2.05, 4.69) is 44.7 Å². The van der Waals surface area contributed by atoms with E-state index in [1.165, 1.54) is 5.56 Å². The number of hydrogen-bond acceptors (Lipinski definition) is 6. The van der Waals surface area contributed by atoms with E-state index in [4.69, 9.17) is 5.26 Å². The second-order valence-corrected chi connectivity index (χ2v) is 6.22. The second kappa shape index (κ2) is 7.68. The largest absolute Gasteiger partial charge is 0.340 e. The standard InChI is InChI=1S/C18H17N5S/c1-23(11-17-12-24-13-20-17)10-14-4-2-5-15(8-14)21-18-7-3-6-16(9-19)22-18/h2-8,12-13H,10-11H2,1H3,(H,21,22). The molecule has 0 aliphatic rings. The molecule has 0 bridgehead atoms. The molecule has 24 heavy (non-hydrogen) atoms. The fourth-order valence-electron chi connectivity index (χ4n) is 2.42. The normalized spacial score (nSPS) is 10.5. The summed E-state index contributed by atoms with van der Waals surface area (Å²) in [7, 11) is 2.08. The van der Waals surface area contributed by atoms with Crippen molar-refractivity contribution in [3.63, 3.8) is 0 Å². The van der Waals surface area contributed by atoms with Crippen molar-refractivity contribution in [2.75, 3.05) is 12.4 Å². The van der Waals surface area contributed by atoms with Crippen LogP contribution in [0.5, 0.6) is 0 Å². The Balaban J connectivity index is 1.66. The van der Waals surface area contributed by atoms with Crippen LogP contribution in [0.25, 0.3) is 0 Å². The molecule has 0 aliphatic heterocycles. The first-order valence-electron chi connectivity index (χ1n) is 7.51. The predicted octanol–water partition coefficient (Wildman–Crippen LogP) is 3.79. The van der Waals surface area contributed by atoms with Crippen molar-refractivity contribution in [2.24, 2.45) is 0 Å². The van der Waals surface area contributed by atoms with Gasteiger partial charge in [-0.2, -0.15) is 5.26 Å². The quantitative estimate of drug-likeness (QED) is 0.742. The zero-order valence-electron chi connectivity index (χ0n) is 13.3. The Morgan fingerprint density at radius 2 is 2.08 bits per heavy atom. The number of aromatic nitrogens is 2. The van der Waals surface area contributed by atoms with E-state index in [-0.39, 0.29) is 0 Å². The SMILES string of the molecule is CN(Cc1cccc(Nc2cccc(C#N)n2)c1)Cc1cscn1. The third-order valence-electron chi connectivity index (χ3n) is 3.43. The molecule has 0 saturated carbocycles. The molecule has 0 fully saturated rings. The smallest absolute Gasteiger partial charge is 0.142 e. The van der Waals surface area contributed by atoms with Gasteiger partial charge in [0.25, 0.3) is 0 Å². The Bertz CT molecular complexity index is 839. The van der Waals surface area contributed by atoms with Crippen molar-refractivity contribution in [3.05, 3.63) is 70.3 Å². The van der Waals surface area contributed by atoms with Gasteiger partial charge in [-0.05, 0) is 36.9 Å². The van der Waals surface area contributed by atoms with Crippen LogP contribution in [0.1, 0.15) is 17.0 Å². The van der Waals surface area contributed by atoms with Crippen molar-refractivity contribution in [2.45, 2.75) is 13.1 Å². The van der Waals surface area contributed by atoms with Crippen molar-refractivity contribution < 1.29 is 0 Å². The molecular formula is C18H17N5S. The van der Waals surface area contributed by atoms with Gasteiger partial charge in [0.15, 0.2) is 0 Å². The molecule has 2 heterocycles. The number of nitriles is 1. The van der Waals surface area contributed by atoms with E-state index in [0.717, 1.165) is 24.5 Å². The van der Waals surface area contributed by atoms with E-state index >= 15 is 0 Å². The van der Waals surface area contributed by atoms with Crippen LogP contribution in [0.2, 0.25) is 0 Å². The number of hydrogen-bond donors (Lipinski definition) is 1. The zero-order valence-corrected chi connectivity index (χ0v) is 14.1.